The summed E-state index contributed by atoms with van der Waals surface area (Å²) in [6.07, 6.45) is 3.24. The lowest BCUT2D eigenvalue weighted by Crippen LogP contribution is -2.21. The Hall–Kier alpha value is -2.40. The van der Waals surface area contributed by atoms with E-state index in [9.17, 15) is 14.0 Å². The highest BCUT2D eigenvalue weighted by atomic mass is 35.5. The first-order chi connectivity index (χ1) is 12.0. The Balaban J connectivity index is 1.86. The molecule has 25 heavy (non-hydrogen) atoms. The van der Waals surface area contributed by atoms with E-state index in [-0.39, 0.29) is 10.6 Å². The summed E-state index contributed by atoms with van der Waals surface area (Å²) in [6.45, 7) is 1.65. The van der Waals surface area contributed by atoms with Gasteiger partial charge in [-0.25, -0.2) is 9.18 Å². The van der Waals surface area contributed by atoms with Crippen molar-refractivity contribution in [3.05, 3.63) is 64.4 Å². The van der Waals surface area contributed by atoms with Crippen LogP contribution in [-0.4, -0.2) is 18.5 Å². The molecular formula is C19H19ClFNO3. The van der Waals surface area contributed by atoms with Crippen LogP contribution in [0.1, 0.15) is 35.7 Å². The summed E-state index contributed by atoms with van der Waals surface area (Å²) < 4.78 is 18.0. The Morgan fingerprint density at radius 3 is 2.56 bits per heavy atom. The fraction of sp³-hybridized carbons (Fsp3) is 0.263. The number of amides is 1. The second kappa shape index (κ2) is 9.18. The summed E-state index contributed by atoms with van der Waals surface area (Å²) in [4.78, 5) is 23.7. The van der Waals surface area contributed by atoms with Gasteiger partial charge < -0.3 is 10.1 Å². The average molecular weight is 364 g/mol. The van der Waals surface area contributed by atoms with Crippen LogP contribution in [0.2, 0.25) is 5.02 Å². The fourth-order valence-electron chi connectivity index (χ4n) is 2.20. The van der Waals surface area contributed by atoms with Gasteiger partial charge >= 0.3 is 5.97 Å². The van der Waals surface area contributed by atoms with E-state index in [1.165, 1.54) is 11.6 Å². The molecule has 0 heterocycles. The molecule has 6 heteroatoms. The number of aryl methyl sites for hydroxylation is 1. The normalized spacial score (nSPS) is 10.4. The van der Waals surface area contributed by atoms with E-state index in [0.29, 0.717) is 5.69 Å². The molecule has 0 aliphatic rings. The quantitative estimate of drug-likeness (QED) is 0.730. The average Bonchev–Trinajstić information content (AvgIpc) is 2.61. The SMILES string of the molecule is CCCCc1ccc(NC(=O)COC(=O)c2cc(F)ccc2Cl)cc1. The van der Waals surface area contributed by atoms with Crippen molar-refractivity contribution in [2.75, 3.05) is 11.9 Å². The van der Waals surface area contributed by atoms with Gasteiger partial charge in [-0.2, -0.15) is 0 Å². The lowest BCUT2D eigenvalue weighted by atomic mass is 10.1. The lowest BCUT2D eigenvalue weighted by Gasteiger charge is -2.08. The molecule has 0 aliphatic carbocycles. The molecule has 0 spiro atoms. The fourth-order valence-corrected chi connectivity index (χ4v) is 2.39. The molecule has 2 aromatic rings. The number of carbonyl (C=O) groups is 2. The molecule has 0 aliphatic heterocycles. The molecule has 132 valence electrons. The van der Waals surface area contributed by atoms with Gasteiger partial charge in [0, 0.05) is 5.69 Å². The first-order valence-corrected chi connectivity index (χ1v) is 8.38. The third kappa shape index (κ3) is 5.87. The van der Waals surface area contributed by atoms with Gasteiger partial charge in [-0.1, -0.05) is 37.1 Å². The van der Waals surface area contributed by atoms with Gasteiger partial charge in [0.25, 0.3) is 5.91 Å². The van der Waals surface area contributed by atoms with Crippen LogP contribution in [0.25, 0.3) is 0 Å². The van der Waals surface area contributed by atoms with Crippen molar-refractivity contribution in [2.45, 2.75) is 26.2 Å². The van der Waals surface area contributed by atoms with Gasteiger partial charge in [-0.3, -0.25) is 4.79 Å². The van der Waals surface area contributed by atoms with Crippen LogP contribution in [0.4, 0.5) is 10.1 Å². The number of halogens is 2. The molecule has 4 nitrogen and oxygen atoms in total. The zero-order valence-electron chi connectivity index (χ0n) is 13.9. The molecule has 2 aromatic carbocycles. The van der Waals surface area contributed by atoms with Crippen molar-refractivity contribution in [1.29, 1.82) is 0 Å². The third-order valence-electron chi connectivity index (χ3n) is 3.54. The minimum Gasteiger partial charge on any atom is -0.452 e. The van der Waals surface area contributed by atoms with Crippen molar-refractivity contribution < 1.29 is 18.7 Å². The molecule has 1 amide bonds. The van der Waals surface area contributed by atoms with Gasteiger partial charge in [0.2, 0.25) is 0 Å². The zero-order chi connectivity index (χ0) is 18.2. The summed E-state index contributed by atoms with van der Waals surface area (Å²) >= 11 is 5.82. The van der Waals surface area contributed by atoms with E-state index in [1.54, 1.807) is 12.1 Å². The summed E-state index contributed by atoms with van der Waals surface area (Å²) in [6, 6.07) is 10.9. The maximum absolute atomic E-state index is 13.2. The van der Waals surface area contributed by atoms with Crippen molar-refractivity contribution in [3.63, 3.8) is 0 Å². The van der Waals surface area contributed by atoms with E-state index in [0.717, 1.165) is 31.4 Å². The molecule has 2 rings (SSSR count). The minimum atomic E-state index is -0.852. The lowest BCUT2D eigenvalue weighted by molar-refractivity contribution is -0.119. The van der Waals surface area contributed by atoms with Gasteiger partial charge in [-0.05, 0) is 48.7 Å². The van der Waals surface area contributed by atoms with E-state index in [1.807, 2.05) is 12.1 Å². The monoisotopic (exact) mass is 363 g/mol. The molecular weight excluding hydrogens is 345 g/mol. The predicted octanol–water partition coefficient (Wildman–Crippen LogP) is 4.62. The molecule has 0 saturated heterocycles. The number of ether oxygens (including phenoxy) is 1. The van der Waals surface area contributed by atoms with Gasteiger partial charge in [0.05, 0.1) is 10.6 Å². The van der Waals surface area contributed by atoms with Crippen molar-refractivity contribution in [3.8, 4) is 0 Å². The van der Waals surface area contributed by atoms with Crippen LogP contribution < -0.4 is 5.32 Å². The Labute approximate surface area is 150 Å². The summed E-state index contributed by atoms with van der Waals surface area (Å²) in [5.41, 5.74) is 1.70. The van der Waals surface area contributed by atoms with Crippen LogP contribution in [-0.2, 0) is 16.0 Å². The summed E-state index contributed by atoms with van der Waals surface area (Å²) in [5, 5.41) is 2.70. The highest BCUT2D eigenvalue weighted by Gasteiger charge is 2.14. The van der Waals surface area contributed by atoms with Gasteiger partial charge in [0.15, 0.2) is 6.61 Å². The number of benzene rings is 2. The highest BCUT2D eigenvalue weighted by molar-refractivity contribution is 6.33. The maximum Gasteiger partial charge on any atom is 0.340 e. The molecule has 0 fully saturated rings. The molecule has 1 N–H and O–H groups in total. The largest absolute Gasteiger partial charge is 0.452 e. The molecule has 0 bridgehead atoms. The molecule has 0 unspecified atom stereocenters. The number of unbranched alkanes of at least 4 members (excludes halogenated alkanes) is 1. The van der Waals surface area contributed by atoms with E-state index < -0.39 is 24.3 Å². The molecule has 0 saturated carbocycles. The van der Waals surface area contributed by atoms with Crippen LogP contribution in [0.15, 0.2) is 42.5 Å². The van der Waals surface area contributed by atoms with Crippen LogP contribution in [0.5, 0.6) is 0 Å². The summed E-state index contributed by atoms with van der Waals surface area (Å²) in [7, 11) is 0. The second-order valence-corrected chi connectivity index (χ2v) is 5.96. The van der Waals surface area contributed by atoms with Crippen molar-refractivity contribution in [1.82, 2.24) is 0 Å². The van der Waals surface area contributed by atoms with Gasteiger partial charge in [-0.15, -0.1) is 0 Å². The van der Waals surface area contributed by atoms with E-state index in [2.05, 4.69) is 12.2 Å². The Kier molecular flexibility index (Phi) is 6.95. The van der Waals surface area contributed by atoms with Crippen molar-refractivity contribution in [2.24, 2.45) is 0 Å². The summed E-state index contributed by atoms with van der Waals surface area (Å²) in [5.74, 6) is -1.94. The Morgan fingerprint density at radius 1 is 1.16 bits per heavy atom. The predicted molar refractivity (Wildman–Crippen MR) is 95.4 cm³/mol. The molecule has 0 aromatic heterocycles. The standard InChI is InChI=1S/C19H19ClFNO3/c1-2-3-4-13-5-8-15(9-6-13)22-18(23)12-25-19(24)16-11-14(21)7-10-17(16)20/h5-11H,2-4,12H2,1H3,(H,22,23). The topological polar surface area (TPSA) is 55.4 Å². The number of nitrogens with one attached hydrogen (secondary N) is 1. The molecule has 0 atom stereocenters. The number of hydrogen-bond acceptors (Lipinski definition) is 3. The number of carbonyl (C=O) groups excluding carboxylic acids is 2. The number of rotatable bonds is 7. The van der Waals surface area contributed by atoms with E-state index >= 15 is 0 Å². The first kappa shape index (κ1) is 18.9. The number of hydrogen-bond donors (Lipinski definition) is 1. The van der Waals surface area contributed by atoms with Gasteiger partial charge in [0.1, 0.15) is 5.82 Å². The number of anilines is 1. The Morgan fingerprint density at radius 2 is 1.88 bits per heavy atom. The molecule has 0 radical (unpaired) electrons. The van der Waals surface area contributed by atoms with Crippen LogP contribution in [0.3, 0.4) is 0 Å². The smallest absolute Gasteiger partial charge is 0.340 e. The highest BCUT2D eigenvalue weighted by Crippen LogP contribution is 2.18. The second-order valence-electron chi connectivity index (χ2n) is 5.55. The number of esters is 1. The van der Waals surface area contributed by atoms with E-state index in [4.69, 9.17) is 16.3 Å². The first-order valence-electron chi connectivity index (χ1n) is 8.00. The third-order valence-corrected chi connectivity index (χ3v) is 3.87. The van der Waals surface area contributed by atoms with Crippen LogP contribution in [0, 0.1) is 5.82 Å². The van der Waals surface area contributed by atoms with Crippen LogP contribution >= 0.6 is 11.6 Å². The maximum atomic E-state index is 13.2. The Bertz CT molecular complexity index is 747. The van der Waals surface area contributed by atoms with Crippen molar-refractivity contribution >= 4 is 29.2 Å². The zero-order valence-corrected chi connectivity index (χ0v) is 14.6. The minimum absolute atomic E-state index is 0.0643.